The molecule has 4 atom stereocenters. The van der Waals surface area contributed by atoms with Crippen molar-refractivity contribution in [2.75, 3.05) is 33.9 Å². The van der Waals surface area contributed by atoms with E-state index < -0.39 is 0 Å². The second-order valence-electron chi connectivity index (χ2n) is 6.82. The molecule has 1 aromatic carbocycles. The average molecular weight is 319 g/mol. The molecule has 0 aromatic heterocycles. The zero-order valence-electron chi connectivity index (χ0n) is 14.5. The van der Waals surface area contributed by atoms with Crippen molar-refractivity contribution < 1.29 is 14.2 Å². The minimum Gasteiger partial charge on any atom is -0.497 e. The van der Waals surface area contributed by atoms with E-state index in [9.17, 15) is 0 Å². The van der Waals surface area contributed by atoms with Gasteiger partial charge in [-0.25, -0.2) is 0 Å². The van der Waals surface area contributed by atoms with Crippen molar-refractivity contribution >= 4 is 0 Å². The molecule has 1 aromatic rings. The van der Waals surface area contributed by atoms with E-state index in [2.05, 4.69) is 36.1 Å². The maximum Gasteiger partial charge on any atom is 0.118 e. The van der Waals surface area contributed by atoms with Gasteiger partial charge in [0, 0.05) is 26.2 Å². The average Bonchev–Trinajstić information content (AvgIpc) is 2.61. The molecular formula is C19H29NO3. The lowest BCUT2D eigenvalue weighted by molar-refractivity contribution is -0.114. The molecule has 1 saturated heterocycles. The first-order valence-electron chi connectivity index (χ1n) is 8.73. The molecule has 0 N–H and O–H groups in total. The number of morpholine rings is 1. The Balaban J connectivity index is 1.64. The molecule has 2 aliphatic rings. The Labute approximate surface area is 139 Å². The topological polar surface area (TPSA) is 30.9 Å². The van der Waals surface area contributed by atoms with Crippen LogP contribution in [-0.2, 0) is 9.47 Å². The fraction of sp³-hybridized carbons (Fsp3) is 0.684. The maximum absolute atomic E-state index is 6.01. The smallest absolute Gasteiger partial charge is 0.118 e. The number of hydrogen-bond acceptors (Lipinski definition) is 4. The van der Waals surface area contributed by atoms with Crippen molar-refractivity contribution in [1.29, 1.82) is 0 Å². The van der Waals surface area contributed by atoms with Gasteiger partial charge in [0.05, 0.1) is 25.9 Å². The normalized spacial score (nSPS) is 29.8. The summed E-state index contributed by atoms with van der Waals surface area (Å²) in [4.78, 5) is 2.62. The lowest BCUT2D eigenvalue weighted by Crippen LogP contribution is -2.55. The molecule has 4 nitrogen and oxygen atoms in total. The highest BCUT2D eigenvalue weighted by atomic mass is 16.5. The zero-order chi connectivity index (χ0) is 16.2. The molecule has 0 unspecified atom stereocenters. The highest BCUT2D eigenvalue weighted by molar-refractivity contribution is 5.29. The number of nitrogens with zero attached hydrogens (tertiary/aromatic N) is 1. The molecular weight excluding hydrogens is 290 g/mol. The van der Waals surface area contributed by atoms with Gasteiger partial charge < -0.3 is 14.2 Å². The second kappa shape index (κ2) is 7.65. The molecule has 0 radical (unpaired) electrons. The molecule has 2 fully saturated rings. The first kappa shape index (κ1) is 16.7. The van der Waals surface area contributed by atoms with Gasteiger partial charge in [-0.05, 0) is 42.9 Å². The number of fused-ring (bicyclic) bond motifs is 1. The maximum atomic E-state index is 6.01. The van der Waals surface area contributed by atoms with E-state index >= 15 is 0 Å². The minimum atomic E-state index is 0.386. The summed E-state index contributed by atoms with van der Waals surface area (Å²) in [5, 5.41) is 0. The molecule has 128 valence electrons. The van der Waals surface area contributed by atoms with Crippen LogP contribution >= 0.6 is 0 Å². The molecule has 3 rings (SSSR count). The number of benzene rings is 1. The van der Waals surface area contributed by atoms with Crippen molar-refractivity contribution in [3.05, 3.63) is 29.8 Å². The molecule has 0 spiro atoms. The summed E-state index contributed by atoms with van der Waals surface area (Å²) >= 11 is 0. The SMILES string of the molecule is COc1ccc([C@H](C)CN2CCO[C@@H]3CC[C@@H](OC)C[C@H]32)cc1. The fourth-order valence-corrected chi connectivity index (χ4v) is 3.98. The molecule has 23 heavy (non-hydrogen) atoms. The standard InChI is InChI=1S/C19H29NO3/c1-14(15-4-6-16(21-2)7-5-15)13-20-10-11-23-19-9-8-17(22-3)12-18(19)20/h4-7,14,17-19H,8-13H2,1-3H3/t14-,17-,18-,19-/m1/s1. The molecule has 1 saturated carbocycles. The van der Waals surface area contributed by atoms with E-state index in [1.807, 2.05) is 7.11 Å². The van der Waals surface area contributed by atoms with Crippen LogP contribution < -0.4 is 4.74 Å². The van der Waals surface area contributed by atoms with E-state index in [0.29, 0.717) is 24.2 Å². The van der Waals surface area contributed by atoms with Crippen molar-refractivity contribution in [2.45, 2.75) is 50.4 Å². The number of ether oxygens (including phenoxy) is 3. The van der Waals surface area contributed by atoms with Crippen LogP contribution in [0, 0.1) is 0 Å². The number of methoxy groups -OCH3 is 2. The van der Waals surface area contributed by atoms with Crippen LogP contribution in [-0.4, -0.2) is 57.1 Å². The molecule has 0 bridgehead atoms. The fourth-order valence-electron chi connectivity index (χ4n) is 3.98. The highest BCUT2D eigenvalue weighted by Crippen LogP contribution is 2.31. The molecule has 4 heteroatoms. The second-order valence-corrected chi connectivity index (χ2v) is 6.82. The summed E-state index contributed by atoms with van der Waals surface area (Å²) in [5.41, 5.74) is 1.37. The van der Waals surface area contributed by atoms with Gasteiger partial charge in [0.2, 0.25) is 0 Å². The first-order chi connectivity index (χ1) is 11.2. The Bertz CT molecular complexity index is 490. The van der Waals surface area contributed by atoms with Crippen molar-refractivity contribution in [3.8, 4) is 5.75 Å². The van der Waals surface area contributed by atoms with Gasteiger partial charge in [-0.15, -0.1) is 0 Å². The van der Waals surface area contributed by atoms with Gasteiger partial charge in [0.1, 0.15) is 5.75 Å². The third-order valence-corrected chi connectivity index (χ3v) is 5.41. The molecule has 1 aliphatic heterocycles. The Kier molecular flexibility index (Phi) is 5.57. The van der Waals surface area contributed by atoms with Gasteiger partial charge in [-0.3, -0.25) is 4.90 Å². The lowest BCUT2D eigenvalue weighted by atomic mass is 9.87. The van der Waals surface area contributed by atoms with Gasteiger partial charge >= 0.3 is 0 Å². The first-order valence-corrected chi connectivity index (χ1v) is 8.73. The monoisotopic (exact) mass is 319 g/mol. The summed E-state index contributed by atoms with van der Waals surface area (Å²) in [6.07, 6.45) is 4.11. The molecule has 1 heterocycles. The third-order valence-electron chi connectivity index (χ3n) is 5.41. The van der Waals surface area contributed by atoms with Crippen molar-refractivity contribution in [1.82, 2.24) is 4.90 Å². The molecule has 0 amide bonds. The van der Waals surface area contributed by atoms with Crippen LogP contribution in [0.2, 0.25) is 0 Å². The van der Waals surface area contributed by atoms with E-state index in [-0.39, 0.29) is 0 Å². The Morgan fingerprint density at radius 2 is 2.00 bits per heavy atom. The van der Waals surface area contributed by atoms with E-state index in [4.69, 9.17) is 14.2 Å². The largest absolute Gasteiger partial charge is 0.497 e. The van der Waals surface area contributed by atoms with Crippen LogP contribution in [0.15, 0.2) is 24.3 Å². The highest BCUT2D eigenvalue weighted by Gasteiger charge is 2.38. The summed E-state index contributed by atoms with van der Waals surface area (Å²) in [5.74, 6) is 1.42. The predicted molar refractivity (Wildman–Crippen MR) is 91.2 cm³/mol. The molecule has 1 aliphatic carbocycles. The van der Waals surface area contributed by atoms with Gasteiger partial charge in [-0.1, -0.05) is 19.1 Å². The van der Waals surface area contributed by atoms with Crippen LogP contribution in [0.3, 0.4) is 0 Å². The minimum absolute atomic E-state index is 0.386. The summed E-state index contributed by atoms with van der Waals surface area (Å²) in [6, 6.07) is 8.97. The van der Waals surface area contributed by atoms with E-state index in [1.165, 1.54) is 5.56 Å². The Morgan fingerprint density at radius 1 is 1.22 bits per heavy atom. The summed E-state index contributed by atoms with van der Waals surface area (Å²) in [7, 11) is 3.54. The zero-order valence-corrected chi connectivity index (χ0v) is 14.5. The van der Waals surface area contributed by atoms with Gasteiger partial charge in [-0.2, -0.15) is 0 Å². The van der Waals surface area contributed by atoms with Crippen molar-refractivity contribution in [3.63, 3.8) is 0 Å². The summed E-state index contributed by atoms with van der Waals surface area (Å²) in [6.45, 7) is 5.27. The lowest BCUT2D eigenvalue weighted by Gasteiger charge is -2.46. The van der Waals surface area contributed by atoms with E-state index in [0.717, 1.165) is 44.7 Å². The third kappa shape index (κ3) is 3.87. The van der Waals surface area contributed by atoms with Crippen molar-refractivity contribution in [2.24, 2.45) is 0 Å². The number of rotatable bonds is 5. The predicted octanol–water partition coefficient (Wildman–Crippen LogP) is 3.07. The van der Waals surface area contributed by atoms with Crippen LogP contribution in [0.1, 0.15) is 37.7 Å². The van der Waals surface area contributed by atoms with Crippen LogP contribution in [0.4, 0.5) is 0 Å². The van der Waals surface area contributed by atoms with E-state index in [1.54, 1.807) is 7.11 Å². The Morgan fingerprint density at radius 3 is 2.70 bits per heavy atom. The summed E-state index contributed by atoms with van der Waals surface area (Å²) < 4.78 is 16.9. The quantitative estimate of drug-likeness (QED) is 0.834. The Hall–Kier alpha value is -1.10. The van der Waals surface area contributed by atoms with Gasteiger partial charge in [0.15, 0.2) is 0 Å². The van der Waals surface area contributed by atoms with Crippen LogP contribution in [0.25, 0.3) is 0 Å². The van der Waals surface area contributed by atoms with Crippen LogP contribution in [0.5, 0.6) is 5.75 Å². The van der Waals surface area contributed by atoms with Gasteiger partial charge in [0.25, 0.3) is 0 Å². The number of hydrogen-bond donors (Lipinski definition) is 0.